The molecule has 0 heterocycles. The number of benzene rings is 1. The molecule has 0 saturated carbocycles. The molecule has 0 fully saturated rings. The Morgan fingerprint density at radius 2 is 1.73 bits per heavy atom. The number of hydrogen-bond acceptors (Lipinski definition) is 3. The van der Waals surface area contributed by atoms with Crippen LogP contribution in [0.25, 0.3) is 0 Å². The molecule has 1 rings (SSSR count). The second kappa shape index (κ2) is 6.56. The summed E-state index contributed by atoms with van der Waals surface area (Å²) in [4.78, 5) is 2.17. The second-order valence-corrected chi connectivity index (χ2v) is 3.58. The van der Waals surface area contributed by atoms with Gasteiger partial charge in [-0.1, -0.05) is 30.3 Å². The molecule has 84 valence electrons. The van der Waals surface area contributed by atoms with Gasteiger partial charge < -0.3 is 9.47 Å². The van der Waals surface area contributed by atoms with E-state index in [2.05, 4.69) is 24.1 Å². The minimum absolute atomic E-state index is 0.154. The van der Waals surface area contributed by atoms with E-state index >= 15 is 0 Å². The molecule has 0 N–H and O–H groups in total. The number of nitrogens with zero attached hydrogens (tertiary/aromatic N) is 1. The molecular formula is C12H19NO2. The van der Waals surface area contributed by atoms with Crippen LogP contribution >= 0.6 is 0 Å². The van der Waals surface area contributed by atoms with E-state index in [1.807, 2.05) is 18.2 Å². The third kappa shape index (κ3) is 4.42. The van der Waals surface area contributed by atoms with Crippen LogP contribution in [0.3, 0.4) is 0 Å². The lowest BCUT2D eigenvalue weighted by atomic mass is 10.2. The van der Waals surface area contributed by atoms with Crippen LogP contribution in [-0.4, -0.2) is 39.0 Å². The van der Waals surface area contributed by atoms with Crippen molar-refractivity contribution in [2.24, 2.45) is 0 Å². The largest absolute Gasteiger partial charge is 0.355 e. The van der Waals surface area contributed by atoms with Crippen molar-refractivity contribution in [3.63, 3.8) is 0 Å². The lowest BCUT2D eigenvalue weighted by Crippen LogP contribution is -2.31. The van der Waals surface area contributed by atoms with Crippen LogP contribution in [0.4, 0.5) is 0 Å². The predicted molar refractivity (Wildman–Crippen MR) is 60.6 cm³/mol. The highest BCUT2D eigenvalue weighted by molar-refractivity contribution is 5.14. The Balaban J connectivity index is 2.39. The van der Waals surface area contributed by atoms with Crippen LogP contribution in [0.15, 0.2) is 30.3 Å². The normalized spacial score (nSPS) is 11.3. The first-order chi connectivity index (χ1) is 7.26. The van der Waals surface area contributed by atoms with E-state index in [0.29, 0.717) is 0 Å². The van der Waals surface area contributed by atoms with Gasteiger partial charge in [-0.3, -0.25) is 4.90 Å². The molecule has 0 spiro atoms. The topological polar surface area (TPSA) is 21.7 Å². The summed E-state index contributed by atoms with van der Waals surface area (Å²) in [6.45, 7) is 1.67. The minimum atomic E-state index is -0.154. The predicted octanol–water partition coefficient (Wildman–Crippen LogP) is 1.74. The van der Waals surface area contributed by atoms with E-state index in [9.17, 15) is 0 Å². The van der Waals surface area contributed by atoms with Gasteiger partial charge in [0.05, 0.1) is 0 Å². The van der Waals surface area contributed by atoms with Gasteiger partial charge in [-0.15, -0.1) is 0 Å². The highest BCUT2D eigenvalue weighted by Crippen LogP contribution is 2.04. The fraction of sp³-hybridized carbons (Fsp3) is 0.500. The van der Waals surface area contributed by atoms with E-state index in [0.717, 1.165) is 13.1 Å². The van der Waals surface area contributed by atoms with Gasteiger partial charge in [0.1, 0.15) is 0 Å². The van der Waals surface area contributed by atoms with Crippen molar-refractivity contribution in [1.82, 2.24) is 4.90 Å². The summed E-state index contributed by atoms with van der Waals surface area (Å²) < 4.78 is 10.3. The molecule has 3 heteroatoms. The van der Waals surface area contributed by atoms with Crippen molar-refractivity contribution < 1.29 is 9.47 Å². The maximum Gasteiger partial charge on any atom is 0.169 e. The summed E-state index contributed by atoms with van der Waals surface area (Å²) in [6.07, 6.45) is -0.154. The first kappa shape index (κ1) is 12.2. The Morgan fingerprint density at radius 1 is 1.13 bits per heavy atom. The first-order valence-corrected chi connectivity index (χ1v) is 5.04. The van der Waals surface area contributed by atoms with Crippen molar-refractivity contribution in [3.05, 3.63) is 35.9 Å². The van der Waals surface area contributed by atoms with Crippen molar-refractivity contribution >= 4 is 0 Å². The third-order valence-corrected chi connectivity index (χ3v) is 2.28. The molecule has 0 saturated heterocycles. The maximum atomic E-state index is 5.14. The molecule has 0 radical (unpaired) electrons. The molecule has 0 unspecified atom stereocenters. The summed E-state index contributed by atoms with van der Waals surface area (Å²) in [5.41, 5.74) is 1.30. The second-order valence-electron chi connectivity index (χ2n) is 3.58. The lowest BCUT2D eigenvalue weighted by molar-refractivity contribution is -0.114. The molecule has 15 heavy (non-hydrogen) atoms. The molecule has 0 aliphatic heterocycles. The van der Waals surface area contributed by atoms with Crippen LogP contribution < -0.4 is 0 Å². The molecule has 3 nitrogen and oxygen atoms in total. The Bertz CT molecular complexity index is 260. The van der Waals surface area contributed by atoms with Crippen molar-refractivity contribution in [2.75, 3.05) is 27.8 Å². The van der Waals surface area contributed by atoms with Gasteiger partial charge in [0, 0.05) is 27.3 Å². The van der Waals surface area contributed by atoms with Crippen molar-refractivity contribution in [3.8, 4) is 0 Å². The van der Waals surface area contributed by atoms with Gasteiger partial charge in [-0.05, 0) is 12.6 Å². The zero-order chi connectivity index (χ0) is 11.1. The first-order valence-electron chi connectivity index (χ1n) is 5.04. The van der Waals surface area contributed by atoms with E-state index in [1.165, 1.54) is 5.56 Å². The Hall–Kier alpha value is -0.900. The Kier molecular flexibility index (Phi) is 5.32. The molecule has 0 atom stereocenters. The third-order valence-electron chi connectivity index (χ3n) is 2.28. The molecular weight excluding hydrogens is 190 g/mol. The minimum Gasteiger partial charge on any atom is -0.355 e. The summed E-state index contributed by atoms with van der Waals surface area (Å²) >= 11 is 0. The average Bonchev–Trinajstić information content (AvgIpc) is 2.27. The number of hydrogen-bond donors (Lipinski definition) is 0. The van der Waals surface area contributed by atoms with E-state index in [-0.39, 0.29) is 6.29 Å². The fourth-order valence-electron chi connectivity index (χ4n) is 1.46. The van der Waals surface area contributed by atoms with Gasteiger partial charge in [-0.25, -0.2) is 0 Å². The molecule has 0 amide bonds. The van der Waals surface area contributed by atoms with Crippen molar-refractivity contribution in [1.29, 1.82) is 0 Å². The Morgan fingerprint density at radius 3 is 2.27 bits per heavy atom. The van der Waals surface area contributed by atoms with Crippen LogP contribution in [-0.2, 0) is 16.0 Å². The molecule has 0 bridgehead atoms. The van der Waals surface area contributed by atoms with Crippen LogP contribution in [0.5, 0.6) is 0 Å². The SMILES string of the molecule is COC(CN(C)Cc1ccccc1)OC. The number of ether oxygens (including phenoxy) is 2. The maximum absolute atomic E-state index is 5.14. The van der Waals surface area contributed by atoms with E-state index in [4.69, 9.17) is 9.47 Å². The number of rotatable bonds is 6. The lowest BCUT2D eigenvalue weighted by Gasteiger charge is -2.21. The van der Waals surface area contributed by atoms with E-state index in [1.54, 1.807) is 14.2 Å². The van der Waals surface area contributed by atoms with E-state index < -0.39 is 0 Å². The highest BCUT2D eigenvalue weighted by atomic mass is 16.7. The standard InChI is InChI=1S/C12H19NO2/c1-13(10-12(14-2)15-3)9-11-7-5-4-6-8-11/h4-8,12H,9-10H2,1-3H3. The summed E-state index contributed by atoms with van der Waals surface area (Å²) in [7, 11) is 5.37. The number of methoxy groups -OCH3 is 2. The van der Waals surface area contributed by atoms with Crippen LogP contribution in [0.2, 0.25) is 0 Å². The van der Waals surface area contributed by atoms with Gasteiger partial charge in [0.25, 0.3) is 0 Å². The molecule has 0 aromatic heterocycles. The Labute approximate surface area is 91.6 Å². The molecule has 1 aromatic rings. The van der Waals surface area contributed by atoms with Crippen LogP contribution in [0, 0.1) is 0 Å². The zero-order valence-electron chi connectivity index (χ0n) is 9.64. The summed E-state index contributed by atoms with van der Waals surface area (Å²) in [6, 6.07) is 10.4. The van der Waals surface area contributed by atoms with Crippen LogP contribution in [0.1, 0.15) is 5.56 Å². The average molecular weight is 209 g/mol. The monoisotopic (exact) mass is 209 g/mol. The summed E-state index contributed by atoms with van der Waals surface area (Å²) in [5.74, 6) is 0. The quantitative estimate of drug-likeness (QED) is 0.666. The zero-order valence-corrected chi connectivity index (χ0v) is 9.64. The molecule has 0 aliphatic carbocycles. The molecule has 1 aromatic carbocycles. The highest BCUT2D eigenvalue weighted by Gasteiger charge is 2.08. The fourth-order valence-corrected chi connectivity index (χ4v) is 1.46. The van der Waals surface area contributed by atoms with Gasteiger partial charge in [-0.2, -0.15) is 0 Å². The van der Waals surface area contributed by atoms with Gasteiger partial charge in [0.2, 0.25) is 0 Å². The summed E-state index contributed by atoms with van der Waals surface area (Å²) in [5, 5.41) is 0. The smallest absolute Gasteiger partial charge is 0.169 e. The van der Waals surface area contributed by atoms with Gasteiger partial charge in [0.15, 0.2) is 6.29 Å². The van der Waals surface area contributed by atoms with Gasteiger partial charge >= 0.3 is 0 Å². The number of likely N-dealkylation sites (N-methyl/N-ethyl adjacent to an activating group) is 1. The van der Waals surface area contributed by atoms with Crippen molar-refractivity contribution in [2.45, 2.75) is 12.8 Å². The molecule has 0 aliphatic rings.